The number of carbonyl (C=O) groups excluding carboxylic acids is 2. The van der Waals surface area contributed by atoms with Gasteiger partial charge < -0.3 is 24.8 Å². The number of ether oxygens (including phenoxy) is 3. The molecule has 2 N–H and O–H groups in total. The van der Waals surface area contributed by atoms with Crippen LogP contribution in [0.5, 0.6) is 0 Å². The van der Waals surface area contributed by atoms with Gasteiger partial charge in [-0.1, -0.05) is 65.5 Å². The largest absolute Gasteiger partial charge is 0.376 e. The fourth-order valence-corrected chi connectivity index (χ4v) is 12.9. The Morgan fingerprint density at radius 2 is 1.56 bits per heavy atom. The molecule has 4 aliphatic carbocycles. The van der Waals surface area contributed by atoms with Crippen molar-refractivity contribution < 1.29 is 23.8 Å². The lowest BCUT2D eigenvalue weighted by molar-refractivity contribution is -0.124. The third kappa shape index (κ3) is 14.8. The van der Waals surface area contributed by atoms with E-state index in [9.17, 15) is 9.59 Å². The molecule has 0 bridgehead atoms. The molecule has 8 nitrogen and oxygen atoms in total. The Kier molecular flexibility index (Phi) is 19.1. The SMILES string of the molecule is CC(C)CCCC(C)C1CCC2C3CC=C4CC(OCCNC(=O)CCOC(C)(C)CCOC(C)(C)CCNC(=O)CCSCCc5ccncc5)CCC4(C)C3CCC12C. The van der Waals surface area contributed by atoms with Crippen LogP contribution in [-0.4, -0.2) is 78.5 Å². The maximum atomic E-state index is 12.7. The zero-order valence-corrected chi connectivity index (χ0v) is 40.9. The molecule has 1 heterocycles. The number of rotatable bonds is 26. The van der Waals surface area contributed by atoms with E-state index in [0.717, 1.165) is 72.7 Å². The quantitative estimate of drug-likeness (QED) is 0.0707. The summed E-state index contributed by atoms with van der Waals surface area (Å²) < 4.78 is 18.8. The van der Waals surface area contributed by atoms with Gasteiger partial charge in [-0.3, -0.25) is 14.6 Å². The molecule has 3 fully saturated rings. The number of carbonyl (C=O) groups is 2. The second-order valence-electron chi connectivity index (χ2n) is 21.7. The predicted molar refractivity (Wildman–Crippen MR) is 253 cm³/mol. The van der Waals surface area contributed by atoms with E-state index in [-0.39, 0.29) is 23.5 Å². The zero-order chi connectivity index (χ0) is 44.1. The number of amides is 2. The predicted octanol–water partition coefficient (Wildman–Crippen LogP) is 11.2. The average Bonchev–Trinajstić information content (AvgIpc) is 3.56. The van der Waals surface area contributed by atoms with E-state index in [4.69, 9.17) is 14.2 Å². The molecule has 9 heteroatoms. The minimum Gasteiger partial charge on any atom is -0.376 e. The molecule has 1 aromatic rings. The number of allylic oxidation sites excluding steroid dienone is 1. The number of thioether (sulfide) groups is 1. The first-order chi connectivity index (χ1) is 29.0. The maximum absolute atomic E-state index is 12.7. The highest BCUT2D eigenvalue weighted by Gasteiger charge is 2.59. The fraction of sp³-hybridized carbons (Fsp3) is 0.827. The van der Waals surface area contributed by atoms with Gasteiger partial charge in [-0.15, -0.1) is 0 Å². The number of nitrogens with one attached hydrogen (secondary N) is 2. The van der Waals surface area contributed by atoms with Crippen LogP contribution in [0.25, 0.3) is 0 Å². The van der Waals surface area contributed by atoms with Crippen molar-refractivity contribution in [2.75, 3.05) is 44.4 Å². The first-order valence-corrected chi connectivity index (χ1v) is 25.8. The van der Waals surface area contributed by atoms with Crippen LogP contribution in [0.2, 0.25) is 0 Å². The van der Waals surface area contributed by atoms with Gasteiger partial charge in [0, 0.05) is 44.1 Å². The van der Waals surface area contributed by atoms with Gasteiger partial charge >= 0.3 is 0 Å². The van der Waals surface area contributed by atoms with Gasteiger partial charge in [-0.2, -0.15) is 11.8 Å². The summed E-state index contributed by atoms with van der Waals surface area (Å²) in [4.78, 5) is 29.1. The number of hydrogen-bond acceptors (Lipinski definition) is 7. The third-order valence-electron chi connectivity index (χ3n) is 15.9. The fourth-order valence-electron chi connectivity index (χ4n) is 12.0. The van der Waals surface area contributed by atoms with Crippen LogP contribution >= 0.6 is 11.8 Å². The molecule has 1 aromatic heterocycles. The molecule has 5 rings (SSSR count). The summed E-state index contributed by atoms with van der Waals surface area (Å²) in [5.41, 5.74) is 3.04. The van der Waals surface area contributed by atoms with Crippen LogP contribution in [0.15, 0.2) is 36.2 Å². The van der Waals surface area contributed by atoms with Gasteiger partial charge in [0.1, 0.15) is 0 Å². The van der Waals surface area contributed by atoms with E-state index in [2.05, 4.69) is 70.2 Å². The van der Waals surface area contributed by atoms with Gasteiger partial charge in [-0.05, 0) is 168 Å². The van der Waals surface area contributed by atoms with Gasteiger partial charge in [-0.25, -0.2) is 0 Å². The van der Waals surface area contributed by atoms with Gasteiger partial charge in [0.05, 0.1) is 37.1 Å². The summed E-state index contributed by atoms with van der Waals surface area (Å²) in [7, 11) is 0. The molecule has 4 aliphatic rings. The number of nitrogens with zero attached hydrogens (tertiary/aromatic N) is 1. The molecule has 0 aliphatic heterocycles. The van der Waals surface area contributed by atoms with Gasteiger partial charge in [0.25, 0.3) is 0 Å². The van der Waals surface area contributed by atoms with Crippen LogP contribution in [0.1, 0.15) is 164 Å². The normalized spacial score (nSPS) is 28.1. The van der Waals surface area contributed by atoms with Crippen LogP contribution in [0.4, 0.5) is 0 Å². The molecule has 0 aromatic carbocycles. The Morgan fingerprint density at radius 3 is 2.33 bits per heavy atom. The molecule has 8 atom stereocenters. The van der Waals surface area contributed by atoms with Crippen molar-refractivity contribution in [1.29, 1.82) is 0 Å². The molecule has 0 spiro atoms. The summed E-state index contributed by atoms with van der Waals surface area (Å²) in [6.45, 7) is 23.4. The summed E-state index contributed by atoms with van der Waals surface area (Å²) >= 11 is 1.81. The maximum Gasteiger partial charge on any atom is 0.222 e. The molecular formula is C52H87N3O5S. The molecule has 3 saturated carbocycles. The highest BCUT2D eigenvalue weighted by molar-refractivity contribution is 7.99. The smallest absolute Gasteiger partial charge is 0.222 e. The number of fused-ring (bicyclic) bond motifs is 5. The Balaban J connectivity index is 0.903. The molecule has 346 valence electrons. The summed E-state index contributed by atoms with van der Waals surface area (Å²) in [5, 5.41) is 6.11. The number of aryl methyl sites for hydroxylation is 1. The van der Waals surface area contributed by atoms with Gasteiger partial charge in [0.2, 0.25) is 11.8 Å². The topological polar surface area (TPSA) is 98.8 Å². The van der Waals surface area contributed by atoms with E-state index >= 15 is 0 Å². The van der Waals surface area contributed by atoms with Crippen molar-refractivity contribution >= 4 is 23.6 Å². The molecule has 8 unspecified atom stereocenters. The molecule has 2 amide bonds. The van der Waals surface area contributed by atoms with Crippen LogP contribution in [-0.2, 0) is 30.2 Å². The molecule has 0 saturated heterocycles. The zero-order valence-electron chi connectivity index (χ0n) is 40.1. The molecule has 0 radical (unpaired) electrons. The van der Waals surface area contributed by atoms with Crippen molar-refractivity contribution in [2.45, 2.75) is 182 Å². The second-order valence-corrected chi connectivity index (χ2v) is 22.9. The van der Waals surface area contributed by atoms with Crippen molar-refractivity contribution in [3.8, 4) is 0 Å². The monoisotopic (exact) mass is 866 g/mol. The Labute approximate surface area is 376 Å². The Morgan fingerprint density at radius 1 is 0.836 bits per heavy atom. The second kappa shape index (κ2) is 23.3. The number of hydrogen-bond donors (Lipinski definition) is 2. The van der Waals surface area contributed by atoms with Crippen molar-refractivity contribution in [3.63, 3.8) is 0 Å². The Bertz CT molecular complexity index is 1530. The lowest BCUT2D eigenvalue weighted by Gasteiger charge is -2.58. The highest BCUT2D eigenvalue weighted by atomic mass is 32.2. The minimum atomic E-state index is -0.408. The summed E-state index contributed by atoms with van der Waals surface area (Å²) in [5.74, 6) is 7.07. The Hall–Kier alpha value is -1.94. The standard InChI is InChI=1S/C52H87N3O5S/c1-38(2)11-10-12-39(3)44-15-16-45-43-14-13-41-37-42(17-24-51(41,8)46(43)18-25-52(44,45)9)58-34-31-55-47(56)21-32-59-50(6,7)27-33-60-49(4,5)26-30-54-48(57)23-36-61-35-22-40-19-28-53-29-20-40/h13,19-20,28-29,38-39,42-46H,10-12,14-18,21-27,30-37H2,1-9H3,(H,54,57)(H,55,56). The first kappa shape index (κ1) is 50.1. The number of pyridine rings is 1. The molecular weight excluding hydrogens is 779 g/mol. The molecule has 61 heavy (non-hydrogen) atoms. The summed E-state index contributed by atoms with van der Waals surface area (Å²) in [6.07, 6.45) is 24.4. The van der Waals surface area contributed by atoms with Crippen LogP contribution in [0.3, 0.4) is 0 Å². The van der Waals surface area contributed by atoms with E-state index in [1.165, 1.54) is 63.4 Å². The lowest BCUT2D eigenvalue weighted by atomic mass is 9.47. The average molecular weight is 866 g/mol. The van der Waals surface area contributed by atoms with Crippen molar-refractivity contribution in [1.82, 2.24) is 15.6 Å². The highest BCUT2D eigenvalue weighted by Crippen LogP contribution is 2.67. The van der Waals surface area contributed by atoms with Crippen LogP contribution < -0.4 is 10.6 Å². The van der Waals surface area contributed by atoms with E-state index in [1.807, 2.05) is 38.4 Å². The minimum absolute atomic E-state index is 0.00280. The number of aromatic nitrogens is 1. The van der Waals surface area contributed by atoms with Crippen LogP contribution in [0, 0.1) is 46.3 Å². The van der Waals surface area contributed by atoms with Crippen molar-refractivity contribution in [2.24, 2.45) is 46.3 Å². The van der Waals surface area contributed by atoms with E-state index in [1.54, 1.807) is 17.3 Å². The summed E-state index contributed by atoms with van der Waals surface area (Å²) in [6, 6.07) is 4.08. The van der Waals surface area contributed by atoms with Gasteiger partial charge in [0.15, 0.2) is 0 Å². The van der Waals surface area contributed by atoms with E-state index in [0.29, 0.717) is 63.0 Å². The van der Waals surface area contributed by atoms with Crippen molar-refractivity contribution in [3.05, 3.63) is 41.7 Å². The first-order valence-electron chi connectivity index (χ1n) is 24.6. The van der Waals surface area contributed by atoms with E-state index < -0.39 is 5.60 Å². The third-order valence-corrected chi connectivity index (χ3v) is 16.8. The lowest BCUT2D eigenvalue weighted by Crippen LogP contribution is -2.51.